The quantitative estimate of drug-likeness (QED) is 0.0643. The fourth-order valence-corrected chi connectivity index (χ4v) is 7.32. The van der Waals surface area contributed by atoms with E-state index in [9.17, 15) is 9.90 Å². The van der Waals surface area contributed by atoms with Gasteiger partial charge in [-0.3, -0.25) is 9.78 Å². The van der Waals surface area contributed by atoms with Crippen molar-refractivity contribution in [3.63, 3.8) is 0 Å². The topological polar surface area (TPSA) is 76.2 Å². The number of pyridine rings is 2. The van der Waals surface area contributed by atoms with E-state index >= 15 is 0 Å². The number of carbonyl (C=O) groups excluding carboxylic acids is 1. The molecule has 3 aromatic carbocycles. The molecular formula is C42H47IrN2O3Si-. The van der Waals surface area contributed by atoms with E-state index in [0.717, 1.165) is 58.8 Å². The Labute approximate surface area is 305 Å². The second-order valence-corrected chi connectivity index (χ2v) is 18.6. The van der Waals surface area contributed by atoms with Crippen LogP contribution in [0.2, 0.25) is 19.6 Å². The fraction of sp³-hybridized carbons (Fsp3) is 0.310. The molecule has 0 atom stereocenters. The minimum atomic E-state index is -1.46. The van der Waals surface area contributed by atoms with Gasteiger partial charge in [0.15, 0.2) is 5.78 Å². The fourth-order valence-electron chi connectivity index (χ4n) is 6.16. The van der Waals surface area contributed by atoms with Gasteiger partial charge in [0.1, 0.15) is 11.3 Å². The normalized spacial score (nSPS) is 12.0. The van der Waals surface area contributed by atoms with E-state index in [0.29, 0.717) is 5.71 Å². The van der Waals surface area contributed by atoms with Crippen LogP contribution in [-0.2, 0) is 24.9 Å². The van der Waals surface area contributed by atoms with Crippen LogP contribution in [0, 0.1) is 18.0 Å². The smallest absolute Gasteiger partial charge is 0.162 e. The van der Waals surface area contributed by atoms with Crippen molar-refractivity contribution >= 4 is 52.0 Å². The second-order valence-electron chi connectivity index (χ2n) is 13.5. The van der Waals surface area contributed by atoms with Crippen LogP contribution in [0.15, 0.2) is 101 Å². The molecule has 0 unspecified atom stereocenters. The summed E-state index contributed by atoms with van der Waals surface area (Å²) in [6.45, 7) is 15.2. The zero-order chi connectivity index (χ0) is 34.4. The molecule has 0 bridgehead atoms. The van der Waals surface area contributed by atoms with Crippen molar-refractivity contribution in [3.8, 4) is 22.4 Å². The summed E-state index contributed by atoms with van der Waals surface area (Å²) in [5.74, 6) is 0.547. The first-order chi connectivity index (χ1) is 23.1. The number of rotatable bonds is 10. The van der Waals surface area contributed by atoms with Crippen LogP contribution in [0.25, 0.3) is 55.4 Å². The summed E-state index contributed by atoms with van der Waals surface area (Å²) in [5.41, 5.74) is 6.51. The molecule has 6 rings (SSSR count). The number of benzene rings is 3. The van der Waals surface area contributed by atoms with E-state index in [1.165, 1.54) is 27.8 Å². The average Bonchev–Trinajstić information content (AvgIpc) is 3.47. The minimum absolute atomic E-state index is 0. The van der Waals surface area contributed by atoms with Crippen molar-refractivity contribution < 1.29 is 34.4 Å². The van der Waals surface area contributed by atoms with Crippen LogP contribution in [0.3, 0.4) is 0 Å². The molecule has 5 nitrogen and oxygen atoms in total. The number of hydrogen-bond acceptors (Lipinski definition) is 5. The first-order valence-electron chi connectivity index (χ1n) is 17.2. The van der Waals surface area contributed by atoms with Crippen LogP contribution >= 0.6 is 0 Å². The van der Waals surface area contributed by atoms with Crippen molar-refractivity contribution in [3.05, 3.63) is 103 Å². The molecule has 6 aromatic rings. The molecule has 7 heteroatoms. The Morgan fingerprint density at radius 3 is 2.12 bits per heavy atom. The van der Waals surface area contributed by atoms with E-state index in [1.807, 2.05) is 45.9 Å². The molecule has 0 saturated heterocycles. The van der Waals surface area contributed by atoms with Gasteiger partial charge in [0, 0.05) is 48.8 Å². The van der Waals surface area contributed by atoms with Gasteiger partial charge in [0.05, 0.1) is 19.3 Å². The Morgan fingerprint density at radius 2 is 1.47 bits per heavy atom. The number of nitrogens with zero attached hydrogens (tertiary/aromatic N) is 2. The monoisotopic (exact) mass is 848 g/mol. The largest absolute Gasteiger partial charge is 0.512 e. The number of aliphatic hydroxyl groups excluding tert-OH is 1. The van der Waals surface area contributed by atoms with Crippen LogP contribution < -0.4 is 5.19 Å². The molecule has 49 heavy (non-hydrogen) atoms. The maximum Gasteiger partial charge on any atom is 0.162 e. The van der Waals surface area contributed by atoms with E-state index in [1.54, 1.807) is 0 Å². The Bertz CT molecular complexity index is 2060. The third kappa shape index (κ3) is 8.64. The van der Waals surface area contributed by atoms with E-state index in [4.69, 9.17) is 9.40 Å². The molecular weight excluding hydrogens is 801 g/mol. The molecule has 257 valence electrons. The summed E-state index contributed by atoms with van der Waals surface area (Å²) < 4.78 is 5.89. The van der Waals surface area contributed by atoms with Crippen LogP contribution in [0.5, 0.6) is 0 Å². The molecule has 0 saturated carbocycles. The third-order valence-electron chi connectivity index (χ3n) is 9.30. The molecule has 0 aliphatic rings. The van der Waals surface area contributed by atoms with Gasteiger partial charge in [-0.05, 0) is 66.2 Å². The summed E-state index contributed by atoms with van der Waals surface area (Å²) in [5, 5.41) is 14.4. The molecule has 3 aromatic heterocycles. The molecule has 1 N–H and O–H groups in total. The predicted octanol–water partition coefficient (Wildman–Crippen LogP) is 11.1. The molecule has 3 heterocycles. The SMILES string of the molecule is CCC(CC)C(=O)/C=C(\O)C(CC)CC.C[Si](C)(C)c1ccc2nc(-c3[c-]nc4oc5ccccc5c4c3)cc(-c3ccccc3)c2c1.[Ir]. The zero-order valence-corrected chi connectivity index (χ0v) is 33.0. The van der Waals surface area contributed by atoms with Gasteiger partial charge in [-0.15, -0.1) is 11.6 Å². The minimum Gasteiger partial charge on any atom is -0.512 e. The summed E-state index contributed by atoms with van der Waals surface area (Å²) in [4.78, 5) is 21.3. The Hall–Kier alpha value is -3.90. The second kappa shape index (κ2) is 16.7. The number of fused-ring (bicyclic) bond motifs is 4. The summed E-state index contributed by atoms with van der Waals surface area (Å²) >= 11 is 0. The summed E-state index contributed by atoms with van der Waals surface area (Å²) in [6.07, 6.45) is 8.07. The summed E-state index contributed by atoms with van der Waals surface area (Å²) in [6, 6.07) is 29.6. The Morgan fingerprint density at radius 1 is 0.816 bits per heavy atom. The maximum atomic E-state index is 11.7. The average molecular weight is 848 g/mol. The van der Waals surface area contributed by atoms with Crippen molar-refractivity contribution in [2.75, 3.05) is 0 Å². The Balaban J connectivity index is 0.000000290. The number of furan rings is 1. The summed E-state index contributed by atoms with van der Waals surface area (Å²) in [7, 11) is -1.46. The first-order valence-corrected chi connectivity index (χ1v) is 20.7. The Kier molecular flexibility index (Phi) is 12.9. The van der Waals surface area contributed by atoms with Gasteiger partial charge in [-0.25, -0.2) is 0 Å². The molecule has 0 aliphatic heterocycles. The van der Waals surface area contributed by atoms with Gasteiger partial charge in [0.25, 0.3) is 0 Å². The standard InChI is InChI=1S/C29H23N2OSi.C13H24O2.Ir/c1-33(2,3)21-13-14-26-24(16-21)23(19-9-5-4-6-10-19)17-27(31-26)20-15-25-22-11-7-8-12-28(22)32-29(25)30-18-20;1-5-10(6-2)12(14)9-13(15)11(7-3)8-4;/h4-17H,1-3H3;9-11,14H,5-8H2,1-4H3;/q-1;;/b;12-9-;. The molecule has 0 amide bonds. The molecule has 0 aliphatic carbocycles. The van der Waals surface area contributed by atoms with E-state index < -0.39 is 8.07 Å². The van der Waals surface area contributed by atoms with Gasteiger partial charge in [0.2, 0.25) is 0 Å². The van der Waals surface area contributed by atoms with E-state index in [2.05, 4.69) is 97.6 Å². The van der Waals surface area contributed by atoms with Crippen molar-refractivity contribution in [1.82, 2.24) is 9.97 Å². The molecule has 0 fully saturated rings. The van der Waals surface area contributed by atoms with Gasteiger partial charge < -0.3 is 14.5 Å². The van der Waals surface area contributed by atoms with Crippen molar-refractivity contribution in [1.29, 1.82) is 0 Å². The van der Waals surface area contributed by atoms with Crippen LogP contribution in [-0.4, -0.2) is 28.9 Å². The maximum absolute atomic E-state index is 11.7. The predicted molar refractivity (Wildman–Crippen MR) is 203 cm³/mol. The zero-order valence-electron chi connectivity index (χ0n) is 29.6. The van der Waals surface area contributed by atoms with Crippen LogP contribution in [0.1, 0.15) is 53.4 Å². The van der Waals surface area contributed by atoms with Gasteiger partial charge in [-0.2, -0.15) is 0 Å². The van der Waals surface area contributed by atoms with Crippen molar-refractivity contribution in [2.45, 2.75) is 73.0 Å². The van der Waals surface area contributed by atoms with E-state index in [-0.39, 0.29) is 43.5 Å². The number of carbonyl (C=O) groups is 1. The van der Waals surface area contributed by atoms with Crippen molar-refractivity contribution in [2.24, 2.45) is 11.8 Å². The molecule has 0 spiro atoms. The number of allylic oxidation sites excluding steroid dienone is 2. The van der Waals surface area contributed by atoms with Crippen LogP contribution in [0.4, 0.5) is 0 Å². The first kappa shape index (κ1) is 37.9. The van der Waals surface area contributed by atoms with Gasteiger partial charge >= 0.3 is 0 Å². The number of para-hydroxylation sites is 1. The number of aliphatic hydroxyl groups is 1. The number of aromatic nitrogens is 2. The third-order valence-corrected chi connectivity index (χ3v) is 11.3. The number of ketones is 1. The molecule has 1 radical (unpaired) electrons. The van der Waals surface area contributed by atoms with Gasteiger partial charge in [-0.1, -0.05) is 119 Å². The number of hydrogen-bond donors (Lipinski definition) is 1.